The fraction of sp³-hybridized carbons (Fsp3) is 0.227. The number of anilines is 1. The number of thiazole rings is 1. The summed E-state index contributed by atoms with van der Waals surface area (Å²) >= 11 is 2.96. The zero-order valence-corrected chi connectivity index (χ0v) is 17.9. The number of fused-ring (bicyclic) bond motifs is 2. The normalized spacial score (nSPS) is 12.4. The number of carbonyl (C=O) groups excluding carboxylic acids is 1. The van der Waals surface area contributed by atoms with E-state index in [2.05, 4.69) is 49.3 Å². The average Bonchev–Trinajstić information content (AvgIpc) is 3.05. The largest absolute Gasteiger partial charge is 0.301 e. The van der Waals surface area contributed by atoms with E-state index >= 15 is 0 Å². The number of pyridine rings is 1. The molecule has 0 saturated heterocycles. The number of hydrogen-bond donors (Lipinski definition) is 1. The molecule has 0 spiro atoms. The van der Waals surface area contributed by atoms with E-state index in [4.69, 9.17) is 4.98 Å². The third kappa shape index (κ3) is 3.75. The minimum atomic E-state index is -0.276. The molecule has 0 aliphatic rings. The van der Waals surface area contributed by atoms with Crippen molar-refractivity contribution in [3.63, 3.8) is 0 Å². The second-order valence-corrected chi connectivity index (χ2v) is 9.38. The molecule has 1 atom stereocenters. The van der Waals surface area contributed by atoms with E-state index < -0.39 is 0 Å². The lowest BCUT2D eigenvalue weighted by atomic mass is 10.0. The van der Waals surface area contributed by atoms with E-state index in [9.17, 15) is 4.79 Å². The zero-order chi connectivity index (χ0) is 19.8. The molecule has 6 heteroatoms. The Balaban J connectivity index is 1.54. The van der Waals surface area contributed by atoms with Crippen LogP contribution in [0.1, 0.15) is 23.6 Å². The van der Waals surface area contributed by atoms with Gasteiger partial charge in [0.1, 0.15) is 0 Å². The van der Waals surface area contributed by atoms with Crippen molar-refractivity contribution in [2.75, 3.05) is 5.32 Å². The lowest BCUT2D eigenvalue weighted by Gasteiger charge is -2.13. The van der Waals surface area contributed by atoms with Gasteiger partial charge in [0.2, 0.25) is 5.91 Å². The lowest BCUT2D eigenvalue weighted by molar-refractivity contribution is -0.115. The third-order valence-electron chi connectivity index (χ3n) is 4.62. The Morgan fingerprint density at radius 1 is 1.07 bits per heavy atom. The minimum Gasteiger partial charge on any atom is -0.301 e. The number of aryl methyl sites for hydroxylation is 3. The van der Waals surface area contributed by atoms with Crippen LogP contribution < -0.4 is 5.32 Å². The van der Waals surface area contributed by atoms with Crippen LogP contribution in [-0.4, -0.2) is 21.1 Å². The van der Waals surface area contributed by atoms with Crippen molar-refractivity contribution in [3.05, 3.63) is 59.2 Å². The number of carbonyl (C=O) groups is 1. The Labute approximate surface area is 172 Å². The van der Waals surface area contributed by atoms with Crippen molar-refractivity contribution in [2.45, 2.75) is 38.0 Å². The van der Waals surface area contributed by atoms with Crippen LogP contribution in [0.2, 0.25) is 0 Å². The molecule has 4 aromatic rings. The average molecular weight is 408 g/mol. The van der Waals surface area contributed by atoms with E-state index in [0.29, 0.717) is 5.13 Å². The van der Waals surface area contributed by atoms with Crippen molar-refractivity contribution in [1.82, 2.24) is 9.97 Å². The lowest BCUT2D eigenvalue weighted by Crippen LogP contribution is -2.22. The van der Waals surface area contributed by atoms with Gasteiger partial charge in [-0.05, 0) is 63.1 Å². The predicted octanol–water partition coefficient (Wildman–Crippen LogP) is 5.89. The highest BCUT2D eigenvalue weighted by atomic mass is 32.2. The van der Waals surface area contributed by atoms with Gasteiger partial charge < -0.3 is 5.32 Å². The summed E-state index contributed by atoms with van der Waals surface area (Å²) in [7, 11) is 0. The van der Waals surface area contributed by atoms with E-state index in [1.165, 1.54) is 39.6 Å². The molecule has 4 rings (SSSR count). The van der Waals surface area contributed by atoms with Gasteiger partial charge in [-0.3, -0.25) is 4.79 Å². The van der Waals surface area contributed by atoms with Crippen molar-refractivity contribution >= 4 is 55.3 Å². The monoisotopic (exact) mass is 407 g/mol. The molecule has 0 bridgehead atoms. The number of rotatable bonds is 4. The number of nitrogens with one attached hydrogen (secondary N) is 1. The number of para-hydroxylation sites is 1. The van der Waals surface area contributed by atoms with E-state index in [1.54, 1.807) is 0 Å². The Kier molecular flexibility index (Phi) is 5.08. The Morgan fingerprint density at radius 3 is 2.64 bits per heavy atom. The number of amides is 1. The molecular weight excluding hydrogens is 386 g/mol. The van der Waals surface area contributed by atoms with E-state index in [-0.39, 0.29) is 11.2 Å². The summed E-state index contributed by atoms with van der Waals surface area (Å²) in [6.07, 6.45) is 0. The van der Waals surface area contributed by atoms with Crippen molar-refractivity contribution in [1.29, 1.82) is 0 Å². The van der Waals surface area contributed by atoms with Gasteiger partial charge in [-0.15, -0.1) is 0 Å². The third-order valence-corrected chi connectivity index (χ3v) is 6.59. The molecule has 0 fully saturated rings. The summed E-state index contributed by atoms with van der Waals surface area (Å²) in [5, 5.41) is 5.34. The predicted molar refractivity (Wildman–Crippen MR) is 120 cm³/mol. The van der Waals surface area contributed by atoms with Crippen LogP contribution in [0.4, 0.5) is 5.13 Å². The Hall–Kier alpha value is -2.44. The standard InChI is InChI=1S/C22H21N3OS2/c1-12-9-14(3)20-16(10-12)13(2)11-19(24-20)27-15(4)21(26)25-22-23-17-7-5-6-8-18(17)28-22/h5-11,15H,1-4H3,(H,23,25,26). The van der Waals surface area contributed by atoms with Gasteiger partial charge in [0, 0.05) is 5.39 Å². The molecule has 4 nitrogen and oxygen atoms in total. The molecular formula is C22H21N3OS2. The minimum absolute atomic E-state index is 0.0655. The molecule has 0 saturated carbocycles. The first-order valence-electron chi connectivity index (χ1n) is 9.12. The first-order chi connectivity index (χ1) is 13.4. The number of benzene rings is 2. The number of nitrogens with zero attached hydrogens (tertiary/aromatic N) is 2. The fourth-order valence-corrected chi connectivity index (χ4v) is 5.03. The molecule has 0 aliphatic heterocycles. The molecule has 0 radical (unpaired) electrons. The summed E-state index contributed by atoms with van der Waals surface area (Å²) in [4.78, 5) is 22.0. The van der Waals surface area contributed by atoms with Crippen molar-refractivity contribution < 1.29 is 4.79 Å². The zero-order valence-electron chi connectivity index (χ0n) is 16.2. The van der Waals surface area contributed by atoms with Crippen LogP contribution in [0.15, 0.2) is 47.5 Å². The van der Waals surface area contributed by atoms with Gasteiger partial charge >= 0.3 is 0 Å². The Morgan fingerprint density at radius 2 is 1.86 bits per heavy atom. The maximum Gasteiger partial charge on any atom is 0.239 e. The second kappa shape index (κ2) is 7.53. The summed E-state index contributed by atoms with van der Waals surface area (Å²) in [5.74, 6) is -0.0655. The van der Waals surface area contributed by atoms with Gasteiger partial charge in [-0.2, -0.15) is 0 Å². The molecule has 1 amide bonds. The molecule has 28 heavy (non-hydrogen) atoms. The van der Waals surface area contributed by atoms with Gasteiger partial charge in [-0.1, -0.05) is 46.9 Å². The van der Waals surface area contributed by atoms with Crippen LogP contribution in [0.3, 0.4) is 0 Å². The SMILES string of the molecule is Cc1cc(C)c2nc(SC(C)C(=O)Nc3nc4ccccc4s3)cc(C)c2c1. The highest BCUT2D eigenvalue weighted by Gasteiger charge is 2.18. The van der Waals surface area contributed by atoms with Gasteiger partial charge in [0.25, 0.3) is 0 Å². The molecule has 142 valence electrons. The summed E-state index contributed by atoms with van der Waals surface area (Å²) in [5.41, 5.74) is 5.48. The quantitative estimate of drug-likeness (QED) is 0.429. The highest BCUT2D eigenvalue weighted by molar-refractivity contribution is 8.00. The summed E-state index contributed by atoms with van der Waals surface area (Å²) < 4.78 is 1.07. The van der Waals surface area contributed by atoms with E-state index in [0.717, 1.165) is 26.3 Å². The molecule has 1 unspecified atom stereocenters. The van der Waals surface area contributed by atoms with Crippen LogP contribution in [0.25, 0.3) is 21.1 Å². The first-order valence-corrected chi connectivity index (χ1v) is 10.8. The molecule has 2 aromatic carbocycles. The fourth-order valence-electron chi connectivity index (χ4n) is 3.24. The topological polar surface area (TPSA) is 54.9 Å². The van der Waals surface area contributed by atoms with Crippen molar-refractivity contribution in [3.8, 4) is 0 Å². The first kappa shape index (κ1) is 18.9. The maximum atomic E-state index is 12.7. The van der Waals surface area contributed by atoms with Gasteiger partial charge in [-0.25, -0.2) is 9.97 Å². The smallest absolute Gasteiger partial charge is 0.239 e. The van der Waals surface area contributed by atoms with Crippen LogP contribution in [-0.2, 0) is 4.79 Å². The van der Waals surface area contributed by atoms with E-state index in [1.807, 2.05) is 31.2 Å². The van der Waals surface area contributed by atoms with Gasteiger partial charge in [0.05, 0.1) is 26.0 Å². The summed E-state index contributed by atoms with van der Waals surface area (Å²) in [6.45, 7) is 8.18. The summed E-state index contributed by atoms with van der Waals surface area (Å²) in [6, 6.07) is 14.3. The molecule has 0 aliphatic carbocycles. The number of thioether (sulfide) groups is 1. The van der Waals surface area contributed by atoms with Gasteiger partial charge in [0.15, 0.2) is 5.13 Å². The maximum absolute atomic E-state index is 12.7. The van der Waals surface area contributed by atoms with Crippen molar-refractivity contribution in [2.24, 2.45) is 0 Å². The number of aromatic nitrogens is 2. The number of hydrogen-bond acceptors (Lipinski definition) is 5. The Bertz CT molecular complexity index is 1170. The van der Waals surface area contributed by atoms with Crippen LogP contribution in [0.5, 0.6) is 0 Å². The highest BCUT2D eigenvalue weighted by Crippen LogP contribution is 2.30. The molecule has 2 aromatic heterocycles. The second-order valence-electron chi connectivity index (χ2n) is 6.99. The molecule has 2 heterocycles. The van der Waals surface area contributed by atoms with Crippen LogP contribution >= 0.6 is 23.1 Å². The van der Waals surface area contributed by atoms with Crippen LogP contribution in [0, 0.1) is 20.8 Å². The molecule has 1 N–H and O–H groups in total.